The van der Waals surface area contributed by atoms with Crippen molar-refractivity contribution in [2.45, 2.75) is 71.3 Å². The fraction of sp³-hybridized carbons (Fsp3) is 0.842. The molecule has 0 aromatic rings. The summed E-state index contributed by atoms with van der Waals surface area (Å²) < 4.78 is 16.6. The van der Waals surface area contributed by atoms with Crippen LogP contribution in [0.1, 0.15) is 66.6 Å². The van der Waals surface area contributed by atoms with Crippen molar-refractivity contribution in [3.63, 3.8) is 0 Å². The van der Waals surface area contributed by atoms with Gasteiger partial charge < -0.3 is 11.2 Å². The molecule has 4 aliphatic carbocycles. The number of allylic oxidation sites excluding steroid dienone is 1. The fourth-order valence-corrected chi connectivity index (χ4v) is 7.53. The third-order valence-electron chi connectivity index (χ3n) is 8.14. The van der Waals surface area contributed by atoms with Crippen LogP contribution in [0, 0.1) is 28.6 Å². The van der Waals surface area contributed by atoms with Crippen LogP contribution in [0.3, 0.4) is 0 Å². The van der Waals surface area contributed by atoms with Crippen LogP contribution < -0.4 is 29.6 Å². The van der Waals surface area contributed by atoms with Crippen molar-refractivity contribution in [3.05, 3.63) is 11.6 Å². The fourth-order valence-electron chi connectivity index (χ4n) is 6.85. The number of carbonyl (C=O) groups excluding carboxylic acids is 1. The van der Waals surface area contributed by atoms with E-state index in [1.54, 1.807) is 0 Å². The molecule has 0 spiro atoms. The summed E-state index contributed by atoms with van der Waals surface area (Å²) in [5, 5.41) is 0. The molecule has 6 atom stereocenters. The van der Waals surface area contributed by atoms with Gasteiger partial charge in [0.2, 0.25) is 0 Å². The predicted molar refractivity (Wildman–Crippen MR) is 94.7 cm³/mol. The van der Waals surface area contributed by atoms with E-state index in [-0.39, 0.29) is 53.7 Å². The molecule has 0 amide bonds. The summed E-state index contributed by atoms with van der Waals surface area (Å²) in [6.07, 6.45) is 9.08. The molecule has 0 unspecified atom stereocenters. The SMILES string of the molecule is C[C@]12CC[C@H]3[C@@H](CCC4=CC(=O)CC[C@@]43C)[C@@H]1CC[C@@H]2OP(=O)(O)O.[H-].[Na+]. The van der Waals surface area contributed by atoms with Gasteiger partial charge in [0.05, 0.1) is 6.10 Å². The third-order valence-corrected chi connectivity index (χ3v) is 8.67. The minimum absolute atomic E-state index is 0. The van der Waals surface area contributed by atoms with Crippen molar-refractivity contribution >= 4 is 13.6 Å². The summed E-state index contributed by atoms with van der Waals surface area (Å²) in [5.41, 5.74) is 1.36. The standard InChI is InChI=1S/C19H29O5P.Na.H/c1-18-9-7-13(20)11-12(18)3-4-14-15-5-6-17(24-25(21,22)23)19(15,2)10-8-16(14)18;;/h11,14-17H,3-10H2,1-2H3,(H2,21,22,23);;/q;+1;-1/t14-,15-,16-,17-,18-,19-;;/m0../s1. The Balaban J connectivity index is 0.00000131. The number of carbonyl (C=O) groups is 1. The van der Waals surface area contributed by atoms with Crippen LogP contribution in [0.25, 0.3) is 0 Å². The molecule has 26 heavy (non-hydrogen) atoms. The first-order valence-corrected chi connectivity index (χ1v) is 11.1. The molecule has 2 N–H and O–H groups in total. The summed E-state index contributed by atoms with van der Waals surface area (Å²) in [6.45, 7) is 4.53. The summed E-state index contributed by atoms with van der Waals surface area (Å²) in [4.78, 5) is 30.4. The zero-order valence-corrected chi connectivity index (χ0v) is 19.0. The average Bonchev–Trinajstić information content (AvgIpc) is 2.83. The number of ketones is 1. The molecule has 0 bridgehead atoms. The molecule has 0 heterocycles. The zero-order chi connectivity index (χ0) is 18.0. The molecular weight excluding hydrogens is 362 g/mol. The maximum absolute atomic E-state index is 11.9. The van der Waals surface area contributed by atoms with Crippen LogP contribution in [0.15, 0.2) is 11.6 Å². The van der Waals surface area contributed by atoms with E-state index < -0.39 is 7.82 Å². The van der Waals surface area contributed by atoms with Gasteiger partial charge >= 0.3 is 37.4 Å². The maximum Gasteiger partial charge on any atom is 1.00 e. The molecule has 3 fully saturated rings. The third kappa shape index (κ3) is 3.36. The van der Waals surface area contributed by atoms with E-state index in [1.165, 1.54) is 5.57 Å². The van der Waals surface area contributed by atoms with Crippen LogP contribution in [-0.2, 0) is 13.9 Å². The second-order valence-corrected chi connectivity index (χ2v) is 10.4. The van der Waals surface area contributed by atoms with Gasteiger partial charge in [-0.15, -0.1) is 0 Å². The molecule has 3 saturated carbocycles. The first kappa shape index (κ1) is 21.2. The van der Waals surface area contributed by atoms with Gasteiger partial charge in [-0.3, -0.25) is 9.32 Å². The topological polar surface area (TPSA) is 83.8 Å². The predicted octanol–water partition coefficient (Wildman–Crippen LogP) is 1.11. The Hall–Kier alpha value is 0.520. The van der Waals surface area contributed by atoms with Crippen molar-refractivity contribution in [3.8, 4) is 0 Å². The first-order valence-electron chi connectivity index (χ1n) is 9.61. The van der Waals surface area contributed by atoms with Crippen LogP contribution in [0.2, 0.25) is 0 Å². The maximum atomic E-state index is 11.9. The Kier molecular flexibility index (Phi) is 5.79. The van der Waals surface area contributed by atoms with Gasteiger partial charge in [-0.05, 0) is 79.6 Å². The van der Waals surface area contributed by atoms with Gasteiger partial charge in [0.1, 0.15) is 0 Å². The van der Waals surface area contributed by atoms with E-state index in [4.69, 9.17) is 4.52 Å². The van der Waals surface area contributed by atoms with Crippen molar-refractivity contribution in [1.29, 1.82) is 0 Å². The average molecular weight is 392 g/mol. The Bertz CT molecular complexity index is 679. The van der Waals surface area contributed by atoms with Crippen molar-refractivity contribution in [2.75, 3.05) is 0 Å². The molecule has 0 aliphatic heterocycles. The molecule has 4 aliphatic rings. The van der Waals surface area contributed by atoms with Crippen LogP contribution in [-0.4, -0.2) is 21.7 Å². The second kappa shape index (κ2) is 7.09. The first-order chi connectivity index (χ1) is 11.6. The summed E-state index contributed by atoms with van der Waals surface area (Å²) in [5.74, 6) is 1.92. The largest absolute Gasteiger partial charge is 1.00 e. The van der Waals surface area contributed by atoms with Crippen molar-refractivity contribution in [1.82, 2.24) is 0 Å². The zero-order valence-electron chi connectivity index (χ0n) is 17.1. The molecule has 0 saturated heterocycles. The van der Waals surface area contributed by atoms with E-state index in [1.807, 2.05) is 6.08 Å². The number of phosphoric acid groups is 1. The van der Waals surface area contributed by atoms with Gasteiger partial charge in [0.25, 0.3) is 0 Å². The quantitative estimate of drug-likeness (QED) is 0.543. The molecule has 4 rings (SSSR count). The number of rotatable bonds is 2. The molecule has 5 nitrogen and oxygen atoms in total. The van der Waals surface area contributed by atoms with Crippen molar-refractivity contribution < 1.29 is 54.7 Å². The number of hydrogen-bond acceptors (Lipinski definition) is 3. The van der Waals surface area contributed by atoms with Gasteiger partial charge in [0, 0.05) is 6.42 Å². The minimum Gasteiger partial charge on any atom is -1.00 e. The number of fused-ring (bicyclic) bond motifs is 5. The summed E-state index contributed by atoms with van der Waals surface area (Å²) in [7, 11) is -4.45. The van der Waals surface area contributed by atoms with E-state index >= 15 is 0 Å². The van der Waals surface area contributed by atoms with Crippen LogP contribution in [0.5, 0.6) is 0 Å². The van der Waals surface area contributed by atoms with Crippen LogP contribution >= 0.6 is 7.82 Å². The second-order valence-electron chi connectivity index (χ2n) is 9.18. The van der Waals surface area contributed by atoms with Crippen LogP contribution in [0.4, 0.5) is 0 Å². The smallest absolute Gasteiger partial charge is 1.00 e. The normalized spacial score (nSPS) is 45.1. The van der Waals surface area contributed by atoms with E-state index in [0.717, 1.165) is 44.9 Å². The van der Waals surface area contributed by atoms with E-state index in [2.05, 4.69) is 13.8 Å². The minimum atomic E-state index is -4.45. The van der Waals surface area contributed by atoms with Gasteiger partial charge in [0.15, 0.2) is 5.78 Å². The van der Waals surface area contributed by atoms with Gasteiger partial charge in [-0.25, -0.2) is 4.57 Å². The summed E-state index contributed by atoms with van der Waals surface area (Å²) in [6, 6.07) is 0. The van der Waals surface area contributed by atoms with E-state index in [0.29, 0.717) is 24.2 Å². The Morgan fingerprint density at radius 1 is 1.12 bits per heavy atom. The molecule has 7 heteroatoms. The molecular formula is C19H30NaO5P. The van der Waals surface area contributed by atoms with Crippen molar-refractivity contribution in [2.24, 2.45) is 28.6 Å². The number of hydrogen-bond donors (Lipinski definition) is 2. The molecule has 0 aromatic heterocycles. The monoisotopic (exact) mass is 392 g/mol. The van der Waals surface area contributed by atoms with Gasteiger partial charge in [-0.2, -0.15) is 0 Å². The molecule has 142 valence electrons. The Morgan fingerprint density at radius 3 is 2.54 bits per heavy atom. The number of phosphoric ester groups is 1. The summed E-state index contributed by atoms with van der Waals surface area (Å²) >= 11 is 0. The van der Waals surface area contributed by atoms with E-state index in [9.17, 15) is 19.1 Å². The molecule has 0 aromatic carbocycles. The van der Waals surface area contributed by atoms with Gasteiger partial charge in [-0.1, -0.05) is 19.4 Å². The Labute approximate surface area is 179 Å². The Morgan fingerprint density at radius 2 is 1.85 bits per heavy atom. The molecule has 0 radical (unpaired) electrons.